The molecule has 0 amide bonds. The highest BCUT2D eigenvalue weighted by Crippen LogP contribution is 2.43. The number of carbonyl (C=O) groups excluding carboxylic acids is 1. The van der Waals surface area contributed by atoms with Crippen LogP contribution in [0, 0.1) is 20.8 Å². The van der Waals surface area contributed by atoms with Crippen LogP contribution in [-0.2, 0) is 9.53 Å². The van der Waals surface area contributed by atoms with Crippen LogP contribution < -0.4 is 9.47 Å². The Morgan fingerprint density at radius 1 is 1.07 bits per heavy atom. The first kappa shape index (κ1) is 20.5. The van der Waals surface area contributed by atoms with Crippen molar-refractivity contribution in [2.45, 2.75) is 34.1 Å². The lowest BCUT2D eigenvalue weighted by atomic mass is 9.89. The Bertz CT molecular complexity index is 841. The van der Waals surface area contributed by atoms with E-state index in [0.717, 1.165) is 44.9 Å². The second-order valence-electron chi connectivity index (χ2n) is 6.30. The molecule has 0 unspecified atom stereocenters. The van der Waals surface area contributed by atoms with Crippen LogP contribution in [0.5, 0.6) is 11.5 Å². The molecule has 0 saturated carbocycles. The maximum Gasteiger partial charge on any atom is 0.302 e. The molecule has 144 valence electrons. The van der Waals surface area contributed by atoms with Crippen molar-refractivity contribution in [3.63, 3.8) is 0 Å². The summed E-state index contributed by atoms with van der Waals surface area (Å²) in [6, 6.07) is 3.90. The summed E-state index contributed by atoms with van der Waals surface area (Å²) in [6.45, 7) is 7.82. The lowest BCUT2D eigenvalue weighted by Gasteiger charge is -2.22. The molecule has 0 bridgehead atoms. The van der Waals surface area contributed by atoms with Gasteiger partial charge in [-0.1, -0.05) is 12.1 Å². The number of hydrogen-bond donors (Lipinski definition) is 0. The van der Waals surface area contributed by atoms with E-state index in [2.05, 4.69) is 11.1 Å². The van der Waals surface area contributed by atoms with Crippen LogP contribution >= 0.6 is 0 Å². The summed E-state index contributed by atoms with van der Waals surface area (Å²) in [4.78, 5) is 15.3. The lowest BCUT2D eigenvalue weighted by Crippen LogP contribution is -2.05. The van der Waals surface area contributed by atoms with Gasteiger partial charge in [0.2, 0.25) is 0 Å². The molecule has 0 aliphatic heterocycles. The fourth-order valence-electron chi connectivity index (χ4n) is 3.27. The number of carbonyl (C=O) groups is 1. The number of pyridine rings is 1. The van der Waals surface area contributed by atoms with Crippen LogP contribution in [0.3, 0.4) is 0 Å². The maximum absolute atomic E-state index is 11.1. The number of methoxy groups -OCH3 is 2. The van der Waals surface area contributed by atoms with Gasteiger partial charge < -0.3 is 14.2 Å². The number of ether oxygens (including phenoxy) is 3. The van der Waals surface area contributed by atoms with Crippen molar-refractivity contribution in [3.05, 3.63) is 58.4 Å². The largest absolute Gasteiger partial charge is 0.496 e. The van der Waals surface area contributed by atoms with Gasteiger partial charge in [0.25, 0.3) is 0 Å². The van der Waals surface area contributed by atoms with E-state index in [9.17, 15) is 4.79 Å². The molecule has 1 heterocycles. The van der Waals surface area contributed by atoms with Gasteiger partial charge >= 0.3 is 5.97 Å². The summed E-state index contributed by atoms with van der Waals surface area (Å²) >= 11 is 0. The van der Waals surface area contributed by atoms with Crippen molar-refractivity contribution >= 4 is 11.5 Å². The number of aromatic nitrogens is 1. The van der Waals surface area contributed by atoms with E-state index in [1.165, 1.54) is 6.92 Å². The minimum atomic E-state index is -0.284. The molecule has 0 spiro atoms. The Morgan fingerprint density at radius 2 is 1.74 bits per heavy atom. The highest BCUT2D eigenvalue weighted by Gasteiger charge is 2.22. The van der Waals surface area contributed by atoms with E-state index in [0.29, 0.717) is 13.0 Å². The van der Waals surface area contributed by atoms with E-state index in [-0.39, 0.29) is 5.97 Å². The van der Waals surface area contributed by atoms with Gasteiger partial charge in [0, 0.05) is 42.4 Å². The zero-order valence-corrected chi connectivity index (χ0v) is 16.9. The molecule has 0 radical (unpaired) electrons. The summed E-state index contributed by atoms with van der Waals surface area (Å²) < 4.78 is 16.5. The zero-order valence-electron chi connectivity index (χ0n) is 16.9. The monoisotopic (exact) mass is 369 g/mol. The van der Waals surface area contributed by atoms with Crippen LogP contribution in [0.25, 0.3) is 5.57 Å². The molecular weight excluding hydrogens is 342 g/mol. The topological polar surface area (TPSA) is 57.7 Å². The fourth-order valence-corrected chi connectivity index (χ4v) is 3.27. The average Bonchev–Trinajstić information content (AvgIpc) is 2.66. The molecule has 0 atom stereocenters. The molecule has 2 aromatic rings. The van der Waals surface area contributed by atoms with Crippen LogP contribution in [0.2, 0.25) is 0 Å². The normalized spacial score (nSPS) is 11.3. The Morgan fingerprint density at radius 3 is 2.30 bits per heavy atom. The van der Waals surface area contributed by atoms with Crippen molar-refractivity contribution < 1.29 is 19.0 Å². The molecule has 0 saturated heterocycles. The molecular formula is C22H27NO4. The van der Waals surface area contributed by atoms with Gasteiger partial charge in [-0.05, 0) is 43.5 Å². The quantitative estimate of drug-likeness (QED) is 0.534. The second-order valence-corrected chi connectivity index (χ2v) is 6.30. The molecule has 0 N–H and O–H groups in total. The third-order valence-electron chi connectivity index (χ3n) is 4.61. The maximum atomic E-state index is 11.1. The molecule has 27 heavy (non-hydrogen) atoms. The van der Waals surface area contributed by atoms with E-state index < -0.39 is 0 Å². The number of nitrogens with zero attached hydrogens (tertiary/aromatic N) is 1. The molecule has 1 aromatic carbocycles. The third kappa shape index (κ3) is 4.48. The van der Waals surface area contributed by atoms with Gasteiger partial charge in [-0.3, -0.25) is 9.78 Å². The first-order chi connectivity index (χ1) is 12.9. The summed E-state index contributed by atoms with van der Waals surface area (Å²) in [5.74, 6) is 1.37. The molecule has 2 rings (SSSR count). The molecule has 0 fully saturated rings. The summed E-state index contributed by atoms with van der Waals surface area (Å²) in [5.41, 5.74) is 6.00. The Labute approximate surface area is 161 Å². The first-order valence-corrected chi connectivity index (χ1v) is 8.88. The van der Waals surface area contributed by atoms with Crippen LogP contribution in [0.4, 0.5) is 0 Å². The van der Waals surface area contributed by atoms with E-state index >= 15 is 0 Å². The number of esters is 1. The highest BCUT2D eigenvalue weighted by atomic mass is 16.5. The predicted molar refractivity (Wildman–Crippen MR) is 106 cm³/mol. The van der Waals surface area contributed by atoms with Gasteiger partial charge in [0.15, 0.2) is 0 Å². The standard InChI is InChI=1S/C22H27NO4/c1-14-15(2)22(26-6)20(16(3)21(14)25-5)19(10-8-12-27-17(4)24)18-9-7-11-23-13-18/h7,9-11,13H,8,12H2,1-6H3/b19-10+. The summed E-state index contributed by atoms with van der Waals surface area (Å²) in [7, 11) is 3.36. The van der Waals surface area contributed by atoms with Gasteiger partial charge in [-0.15, -0.1) is 0 Å². The molecule has 5 heteroatoms. The first-order valence-electron chi connectivity index (χ1n) is 8.88. The molecule has 1 aromatic heterocycles. The molecule has 0 aliphatic carbocycles. The van der Waals surface area contributed by atoms with Crippen molar-refractivity contribution in [1.82, 2.24) is 4.98 Å². The van der Waals surface area contributed by atoms with Crippen LogP contribution in [0.15, 0.2) is 30.6 Å². The van der Waals surface area contributed by atoms with Crippen molar-refractivity contribution in [2.24, 2.45) is 0 Å². The second kappa shape index (κ2) is 9.21. The van der Waals surface area contributed by atoms with Gasteiger partial charge in [0.05, 0.1) is 20.8 Å². The van der Waals surface area contributed by atoms with E-state index in [1.54, 1.807) is 20.4 Å². The Kier molecular flexibility index (Phi) is 6.99. The van der Waals surface area contributed by atoms with Crippen molar-refractivity contribution in [1.29, 1.82) is 0 Å². The smallest absolute Gasteiger partial charge is 0.302 e. The van der Waals surface area contributed by atoms with Crippen LogP contribution in [-0.4, -0.2) is 31.8 Å². The Hall–Kier alpha value is -2.82. The third-order valence-corrected chi connectivity index (χ3v) is 4.61. The van der Waals surface area contributed by atoms with Gasteiger partial charge in [-0.25, -0.2) is 0 Å². The molecule has 0 aliphatic rings. The highest BCUT2D eigenvalue weighted by molar-refractivity contribution is 5.86. The minimum Gasteiger partial charge on any atom is -0.496 e. The summed E-state index contributed by atoms with van der Waals surface area (Å²) in [5, 5.41) is 0. The average molecular weight is 369 g/mol. The van der Waals surface area contributed by atoms with Gasteiger partial charge in [-0.2, -0.15) is 0 Å². The van der Waals surface area contributed by atoms with Crippen molar-refractivity contribution in [3.8, 4) is 11.5 Å². The summed E-state index contributed by atoms with van der Waals surface area (Å²) in [6.07, 6.45) is 6.20. The lowest BCUT2D eigenvalue weighted by molar-refractivity contribution is -0.140. The Balaban J connectivity index is 2.67. The number of rotatable bonds is 7. The number of hydrogen-bond acceptors (Lipinski definition) is 5. The molecule has 5 nitrogen and oxygen atoms in total. The van der Waals surface area contributed by atoms with Crippen molar-refractivity contribution in [2.75, 3.05) is 20.8 Å². The SMILES string of the molecule is COc1c(C)c(C)c(OC)c(/C(=C/CCOC(C)=O)c2cccnc2)c1C. The predicted octanol–water partition coefficient (Wildman–Crippen LogP) is 4.41. The fraction of sp³-hybridized carbons (Fsp3) is 0.364. The number of benzene rings is 1. The van der Waals surface area contributed by atoms with Crippen LogP contribution in [0.1, 0.15) is 41.2 Å². The van der Waals surface area contributed by atoms with Gasteiger partial charge in [0.1, 0.15) is 11.5 Å². The minimum absolute atomic E-state index is 0.284. The van der Waals surface area contributed by atoms with E-state index in [1.807, 2.05) is 39.1 Å². The van der Waals surface area contributed by atoms with E-state index in [4.69, 9.17) is 14.2 Å². The zero-order chi connectivity index (χ0) is 20.0.